The van der Waals surface area contributed by atoms with Crippen molar-refractivity contribution < 1.29 is 22.7 Å². The molecule has 0 aromatic heterocycles. The summed E-state index contributed by atoms with van der Waals surface area (Å²) in [5, 5.41) is 0. The zero-order valence-electron chi connectivity index (χ0n) is 19.2. The number of esters is 1. The first-order chi connectivity index (χ1) is 15.9. The van der Waals surface area contributed by atoms with E-state index in [2.05, 4.69) is 35.1 Å². The highest BCUT2D eigenvalue weighted by molar-refractivity contribution is 7.89. The van der Waals surface area contributed by atoms with Gasteiger partial charge in [0, 0.05) is 13.2 Å². The first-order valence-corrected chi connectivity index (χ1v) is 12.9. The van der Waals surface area contributed by atoms with Gasteiger partial charge in [-0.15, -0.1) is 0 Å². The fourth-order valence-corrected chi connectivity index (χ4v) is 6.03. The molecule has 1 fully saturated rings. The molecule has 6 nitrogen and oxygen atoms in total. The second-order valence-corrected chi connectivity index (χ2v) is 10.6. The molecule has 0 unspecified atom stereocenters. The SMILES string of the molecule is COCCc1ccc(C2=Cc3ccc(S(=O)(=O)NC4CCC(C(=O)OC)CC4)cc3C2)cc1. The van der Waals surface area contributed by atoms with E-state index in [1.165, 1.54) is 18.2 Å². The Kier molecular flexibility index (Phi) is 7.32. The van der Waals surface area contributed by atoms with E-state index >= 15 is 0 Å². The van der Waals surface area contributed by atoms with Crippen molar-refractivity contribution in [1.82, 2.24) is 4.72 Å². The summed E-state index contributed by atoms with van der Waals surface area (Å²) in [5.41, 5.74) is 5.65. The standard InChI is InChI=1S/C26H31NO5S/c1-31-14-13-18-3-5-19(6-4-18)22-15-21-9-12-25(17-23(21)16-22)33(29,30)27-24-10-7-20(8-11-24)26(28)32-2/h3-6,9,12,15,17,20,24,27H,7-8,10-11,13-14,16H2,1-2H3. The molecule has 0 aliphatic heterocycles. The van der Waals surface area contributed by atoms with Crippen LogP contribution >= 0.6 is 0 Å². The lowest BCUT2D eigenvalue weighted by molar-refractivity contribution is -0.146. The van der Waals surface area contributed by atoms with E-state index in [9.17, 15) is 13.2 Å². The van der Waals surface area contributed by atoms with Crippen LogP contribution in [0.25, 0.3) is 11.6 Å². The summed E-state index contributed by atoms with van der Waals surface area (Å²) in [6.45, 7) is 0.700. The van der Waals surface area contributed by atoms with E-state index in [1.54, 1.807) is 19.2 Å². The summed E-state index contributed by atoms with van der Waals surface area (Å²) < 4.78 is 38.8. The second-order valence-electron chi connectivity index (χ2n) is 8.84. The summed E-state index contributed by atoms with van der Waals surface area (Å²) in [5.74, 6) is -0.336. The van der Waals surface area contributed by atoms with Gasteiger partial charge >= 0.3 is 5.97 Å². The van der Waals surface area contributed by atoms with Crippen molar-refractivity contribution in [3.05, 3.63) is 64.7 Å². The molecule has 33 heavy (non-hydrogen) atoms. The Hall–Kier alpha value is -2.48. The predicted octanol–water partition coefficient (Wildman–Crippen LogP) is 3.98. The van der Waals surface area contributed by atoms with Gasteiger partial charge < -0.3 is 9.47 Å². The molecule has 0 heterocycles. The molecule has 2 aliphatic carbocycles. The van der Waals surface area contributed by atoms with Crippen LogP contribution in [0.15, 0.2) is 47.4 Å². The van der Waals surface area contributed by atoms with E-state index in [0.717, 1.165) is 23.1 Å². The van der Waals surface area contributed by atoms with E-state index in [-0.39, 0.29) is 17.9 Å². The number of fused-ring (bicyclic) bond motifs is 1. The molecule has 0 bridgehead atoms. The molecule has 7 heteroatoms. The summed E-state index contributed by atoms with van der Waals surface area (Å²) in [4.78, 5) is 12.0. The van der Waals surface area contributed by atoms with Crippen LogP contribution in [0.3, 0.4) is 0 Å². The lowest BCUT2D eigenvalue weighted by Gasteiger charge is -2.27. The number of allylic oxidation sites excluding steroid dienone is 1. The van der Waals surface area contributed by atoms with E-state index in [1.807, 2.05) is 6.07 Å². The van der Waals surface area contributed by atoms with E-state index < -0.39 is 10.0 Å². The summed E-state index contributed by atoms with van der Waals surface area (Å²) >= 11 is 0. The average molecular weight is 470 g/mol. The molecule has 0 spiro atoms. The van der Waals surface area contributed by atoms with E-state index in [0.29, 0.717) is 43.6 Å². The molecule has 0 atom stereocenters. The third-order valence-corrected chi connectivity index (χ3v) is 8.16. The van der Waals surface area contributed by atoms with Gasteiger partial charge in [0.2, 0.25) is 10.0 Å². The molecule has 0 radical (unpaired) electrons. The molecule has 2 aromatic carbocycles. The number of methoxy groups -OCH3 is 2. The van der Waals surface area contributed by atoms with Crippen molar-refractivity contribution in [3.8, 4) is 0 Å². The van der Waals surface area contributed by atoms with Crippen molar-refractivity contribution in [2.45, 2.75) is 49.5 Å². The van der Waals surface area contributed by atoms with Crippen LogP contribution in [0.1, 0.15) is 47.9 Å². The number of hydrogen-bond acceptors (Lipinski definition) is 5. The summed E-state index contributed by atoms with van der Waals surface area (Å²) in [6, 6.07) is 13.7. The lowest BCUT2D eigenvalue weighted by atomic mass is 9.86. The van der Waals surface area contributed by atoms with Crippen LogP contribution < -0.4 is 4.72 Å². The Morgan fingerprint density at radius 1 is 1.03 bits per heavy atom. The molecule has 2 aromatic rings. The van der Waals surface area contributed by atoms with Crippen molar-refractivity contribution in [3.63, 3.8) is 0 Å². The van der Waals surface area contributed by atoms with E-state index in [4.69, 9.17) is 9.47 Å². The second kappa shape index (κ2) is 10.2. The smallest absolute Gasteiger partial charge is 0.308 e. The Bertz CT molecular complexity index is 1130. The summed E-state index contributed by atoms with van der Waals surface area (Å²) in [7, 11) is -0.527. The first kappa shape index (κ1) is 23.7. The third kappa shape index (κ3) is 5.54. The number of nitrogens with one attached hydrogen (secondary N) is 1. The van der Waals surface area contributed by atoms with Gasteiger partial charge in [0.1, 0.15) is 0 Å². The quantitative estimate of drug-likeness (QED) is 0.592. The van der Waals surface area contributed by atoms with Crippen LogP contribution in [0.2, 0.25) is 0 Å². The van der Waals surface area contributed by atoms with Gasteiger partial charge in [-0.2, -0.15) is 0 Å². The number of ether oxygens (including phenoxy) is 2. The fourth-order valence-electron chi connectivity index (χ4n) is 4.68. The molecule has 0 saturated heterocycles. The number of rotatable bonds is 8. The van der Waals surface area contributed by atoms with Gasteiger partial charge in [-0.05, 0) is 78.5 Å². The van der Waals surface area contributed by atoms with Crippen molar-refractivity contribution in [2.24, 2.45) is 5.92 Å². The highest BCUT2D eigenvalue weighted by Crippen LogP contribution is 2.33. The Morgan fingerprint density at radius 2 is 1.76 bits per heavy atom. The first-order valence-electron chi connectivity index (χ1n) is 11.4. The molecule has 1 N–H and O–H groups in total. The monoisotopic (exact) mass is 469 g/mol. The topological polar surface area (TPSA) is 81.7 Å². The Morgan fingerprint density at radius 3 is 2.42 bits per heavy atom. The van der Waals surface area contributed by atoms with Crippen molar-refractivity contribution in [1.29, 1.82) is 0 Å². The average Bonchev–Trinajstić information content (AvgIpc) is 3.26. The van der Waals surface area contributed by atoms with Crippen LogP contribution in [-0.4, -0.2) is 41.3 Å². The lowest BCUT2D eigenvalue weighted by Crippen LogP contribution is -2.38. The highest BCUT2D eigenvalue weighted by atomic mass is 32.2. The van der Waals surface area contributed by atoms with Gasteiger partial charge in [-0.1, -0.05) is 36.4 Å². The largest absolute Gasteiger partial charge is 0.469 e. The Labute approximate surface area is 196 Å². The van der Waals surface area contributed by atoms with Crippen molar-refractivity contribution >= 4 is 27.6 Å². The minimum absolute atomic E-state index is 0.130. The van der Waals surface area contributed by atoms with Gasteiger partial charge in [0.05, 0.1) is 24.5 Å². The third-order valence-electron chi connectivity index (χ3n) is 6.64. The van der Waals surface area contributed by atoms with Gasteiger partial charge in [-0.25, -0.2) is 13.1 Å². The maximum atomic E-state index is 13.0. The molecule has 2 aliphatic rings. The predicted molar refractivity (Wildman–Crippen MR) is 128 cm³/mol. The minimum atomic E-state index is -3.62. The molecule has 4 rings (SSSR count). The highest BCUT2D eigenvalue weighted by Gasteiger charge is 2.30. The maximum absolute atomic E-state index is 13.0. The zero-order valence-corrected chi connectivity index (χ0v) is 20.0. The van der Waals surface area contributed by atoms with Crippen molar-refractivity contribution in [2.75, 3.05) is 20.8 Å². The van der Waals surface area contributed by atoms with Gasteiger partial charge in [0.25, 0.3) is 0 Å². The molecular formula is C26H31NO5S. The number of sulfonamides is 1. The van der Waals surface area contributed by atoms with Gasteiger partial charge in [0.15, 0.2) is 0 Å². The molecule has 176 valence electrons. The van der Waals surface area contributed by atoms with Gasteiger partial charge in [-0.3, -0.25) is 4.79 Å². The molecular weight excluding hydrogens is 438 g/mol. The number of hydrogen-bond donors (Lipinski definition) is 1. The summed E-state index contributed by atoms with van der Waals surface area (Å²) in [6.07, 6.45) is 6.28. The zero-order chi connectivity index (χ0) is 23.4. The number of benzene rings is 2. The molecule has 0 amide bonds. The minimum Gasteiger partial charge on any atom is -0.469 e. The van der Waals surface area contributed by atoms with Crippen LogP contribution in [-0.2, 0) is 37.1 Å². The maximum Gasteiger partial charge on any atom is 0.308 e. The normalized spacial score (nSPS) is 20.2. The molecule has 1 saturated carbocycles. The van der Waals surface area contributed by atoms with Crippen LogP contribution in [0, 0.1) is 5.92 Å². The number of carbonyl (C=O) groups is 1. The number of carbonyl (C=O) groups excluding carboxylic acids is 1. The fraction of sp³-hybridized carbons (Fsp3) is 0.423. The van der Waals surface area contributed by atoms with Crippen LogP contribution in [0.5, 0.6) is 0 Å². The Balaban J connectivity index is 1.40. The van der Waals surface area contributed by atoms with Crippen LogP contribution in [0.4, 0.5) is 0 Å².